The summed E-state index contributed by atoms with van der Waals surface area (Å²) < 4.78 is 44.3. The van der Waals surface area contributed by atoms with Crippen LogP contribution >= 0.6 is 0 Å². The van der Waals surface area contributed by atoms with Crippen LogP contribution in [0.5, 0.6) is 5.75 Å². The van der Waals surface area contributed by atoms with E-state index in [0.717, 1.165) is 55.9 Å². The second kappa shape index (κ2) is 9.46. The van der Waals surface area contributed by atoms with Gasteiger partial charge in [0.1, 0.15) is 11.6 Å². The molecule has 6 nitrogen and oxygen atoms in total. The Morgan fingerprint density at radius 3 is 2.61 bits per heavy atom. The second-order valence-corrected chi connectivity index (χ2v) is 9.86. The van der Waals surface area contributed by atoms with Gasteiger partial charge in [0.25, 0.3) is 10.0 Å². The van der Waals surface area contributed by atoms with Crippen LogP contribution < -0.4 is 9.57 Å². The molecule has 0 amide bonds. The van der Waals surface area contributed by atoms with Gasteiger partial charge in [-0.3, -0.25) is 4.79 Å². The number of hydrogen-bond donors (Lipinski definition) is 1. The highest BCUT2D eigenvalue weighted by atomic mass is 32.2. The Balaban J connectivity index is 1.24. The predicted octanol–water partition coefficient (Wildman–Crippen LogP) is 3.94. The van der Waals surface area contributed by atoms with E-state index in [1.54, 1.807) is 5.01 Å². The summed E-state index contributed by atoms with van der Waals surface area (Å²) in [6.07, 6.45) is 5.33. The van der Waals surface area contributed by atoms with Crippen molar-refractivity contribution in [1.82, 2.24) is 9.84 Å². The Bertz CT molecular complexity index is 1020. The van der Waals surface area contributed by atoms with Crippen LogP contribution in [0.2, 0.25) is 0 Å². The molecular weight excluding hydrogens is 419 g/mol. The Morgan fingerprint density at radius 2 is 1.90 bits per heavy atom. The molecule has 0 bridgehead atoms. The van der Waals surface area contributed by atoms with Crippen LogP contribution in [-0.4, -0.2) is 38.4 Å². The van der Waals surface area contributed by atoms with Crippen molar-refractivity contribution in [3.63, 3.8) is 0 Å². The molecule has 0 spiro atoms. The highest BCUT2D eigenvalue weighted by Crippen LogP contribution is 2.33. The molecule has 2 aromatic carbocycles. The van der Waals surface area contributed by atoms with Gasteiger partial charge < -0.3 is 4.74 Å². The SMILES string of the molecule is O=C(c1ccc(OCCCC2CCCN2NS(=O)(=O)c2cccc(F)c2)cc1)C1CC1. The van der Waals surface area contributed by atoms with Crippen LogP contribution in [0, 0.1) is 11.7 Å². The first-order valence-electron chi connectivity index (χ1n) is 10.7. The zero-order valence-corrected chi connectivity index (χ0v) is 18.1. The van der Waals surface area contributed by atoms with Crippen molar-refractivity contribution in [3.05, 3.63) is 59.9 Å². The van der Waals surface area contributed by atoms with Gasteiger partial charge >= 0.3 is 0 Å². The summed E-state index contributed by atoms with van der Waals surface area (Å²) in [4.78, 5) is 14.6. The maximum atomic E-state index is 13.4. The molecule has 0 radical (unpaired) electrons. The smallest absolute Gasteiger partial charge is 0.253 e. The van der Waals surface area contributed by atoms with Gasteiger partial charge in [-0.2, -0.15) is 0 Å². The fourth-order valence-corrected chi connectivity index (χ4v) is 5.08. The molecule has 2 aromatic rings. The largest absolute Gasteiger partial charge is 0.494 e. The molecule has 1 unspecified atom stereocenters. The van der Waals surface area contributed by atoms with Crippen molar-refractivity contribution in [2.75, 3.05) is 13.2 Å². The van der Waals surface area contributed by atoms with E-state index in [1.807, 2.05) is 24.3 Å². The minimum Gasteiger partial charge on any atom is -0.494 e. The number of Topliss-reactive ketones (excluding diaryl/α,β-unsaturated/α-hetero) is 1. The molecule has 1 saturated heterocycles. The number of carbonyl (C=O) groups excluding carboxylic acids is 1. The Labute approximate surface area is 182 Å². The normalized spacial score (nSPS) is 19.5. The van der Waals surface area contributed by atoms with Crippen molar-refractivity contribution in [2.45, 2.75) is 49.5 Å². The third-order valence-corrected chi connectivity index (χ3v) is 7.11. The highest BCUT2D eigenvalue weighted by Gasteiger charge is 2.30. The first kappa shape index (κ1) is 21.9. The van der Waals surface area contributed by atoms with Gasteiger partial charge in [0.15, 0.2) is 5.78 Å². The summed E-state index contributed by atoms with van der Waals surface area (Å²) in [6, 6.07) is 12.4. The number of carbonyl (C=O) groups is 1. The van der Waals surface area contributed by atoms with Crippen LogP contribution in [0.1, 0.15) is 48.9 Å². The van der Waals surface area contributed by atoms with E-state index in [-0.39, 0.29) is 22.6 Å². The first-order valence-corrected chi connectivity index (χ1v) is 12.2. The number of ketones is 1. The molecular formula is C23H27FN2O4S. The molecule has 31 heavy (non-hydrogen) atoms. The highest BCUT2D eigenvalue weighted by molar-refractivity contribution is 7.89. The average Bonchev–Trinajstić information content (AvgIpc) is 3.52. The van der Waals surface area contributed by atoms with E-state index in [9.17, 15) is 17.6 Å². The van der Waals surface area contributed by atoms with Crippen LogP contribution in [0.15, 0.2) is 53.4 Å². The lowest BCUT2D eigenvalue weighted by atomic mass is 10.1. The van der Waals surface area contributed by atoms with Crippen molar-refractivity contribution >= 4 is 15.8 Å². The lowest BCUT2D eigenvalue weighted by Gasteiger charge is -2.25. The third-order valence-electron chi connectivity index (χ3n) is 5.76. The van der Waals surface area contributed by atoms with E-state index >= 15 is 0 Å². The molecule has 8 heteroatoms. The van der Waals surface area contributed by atoms with Gasteiger partial charge in [0.2, 0.25) is 0 Å². The van der Waals surface area contributed by atoms with Crippen molar-refractivity contribution < 1.29 is 22.3 Å². The minimum absolute atomic E-state index is 0.0745. The number of nitrogens with zero attached hydrogens (tertiary/aromatic N) is 1. The fourth-order valence-electron chi connectivity index (χ4n) is 3.90. The number of halogens is 1. The van der Waals surface area contributed by atoms with E-state index in [2.05, 4.69) is 4.83 Å². The number of hydrazine groups is 1. The van der Waals surface area contributed by atoms with Gasteiger partial charge in [-0.05, 0) is 81.0 Å². The molecule has 1 saturated carbocycles. The average molecular weight is 447 g/mol. The summed E-state index contributed by atoms with van der Waals surface area (Å²) >= 11 is 0. The third kappa shape index (κ3) is 5.70. The summed E-state index contributed by atoms with van der Waals surface area (Å²) in [5.41, 5.74) is 0.738. The van der Waals surface area contributed by atoms with Crippen molar-refractivity contribution in [3.8, 4) is 5.75 Å². The quantitative estimate of drug-likeness (QED) is 0.442. The molecule has 1 N–H and O–H groups in total. The number of hydrogen-bond acceptors (Lipinski definition) is 5. The molecule has 1 heterocycles. The number of rotatable bonds is 10. The van der Waals surface area contributed by atoms with E-state index in [1.165, 1.54) is 18.2 Å². The summed E-state index contributed by atoms with van der Waals surface area (Å²) in [5.74, 6) is 0.568. The van der Waals surface area contributed by atoms with Gasteiger partial charge in [0.05, 0.1) is 11.5 Å². The van der Waals surface area contributed by atoms with E-state index in [0.29, 0.717) is 13.2 Å². The predicted molar refractivity (Wildman–Crippen MR) is 115 cm³/mol. The summed E-state index contributed by atoms with van der Waals surface area (Å²) in [5, 5.41) is 1.73. The molecule has 2 aliphatic rings. The van der Waals surface area contributed by atoms with Gasteiger partial charge in [-0.1, -0.05) is 6.07 Å². The lowest BCUT2D eigenvalue weighted by Crippen LogP contribution is -2.45. The van der Waals surface area contributed by atoms with E-state index in [4.69, 9.17) is 4.74 Å². The standard InChI is InChI=1S/C23H27FN2O4S/c24-19-4-1-7-22(16-19)31(28,29)25-26-14-2-5-20(26)6-3-15-30-21-12-10-18(11-13-21)23(27)17-8-9-17/h1,4,7,10-13,16-17,20,25H,2-3,5-6,8-9,14-15H2. The summed E-state index contributed by atoms with van der Waals surface area (Å²) in [6.45, 7) is 1.13. The molecule has 1 aliphatic heterocycles. The zero-order valence-electron chi connectivity index (χ0n) is 17.3. The van der Waals surface area contributed by atoms with Crippen molar-refractivity contribution in [2.24, 2.45) is 5.92 Å². The first-order chi connectivity index (χ1) is 14.9. The molecule has 0 aromatic heterocycles. The molecule has 2 fully saturated rings. The second-order valence-electron chi connectivity index (χ2n) is 8.20. The molecule has 4 rings (SSSR count). The Hall–Kier alpha value is -2.29. The molecule has 1 aliphatic carbocycles. The topological polar surface area (TPSA) is 75.7 Å². The van der Waals surface area contributed by atoms with Gasteiger partial charge in [-0.25, -0.2) is 17.8 Å². The van der Waals surface area contributed by atoms with Gasteiger partial charge in [-0.15, -0.1) is 4.83 Å². The number of ether oxygens (including phenoxy) is 1. The molecule has 1 atom stereocenters. The minimum atomic E-state index is -3.81. The van der Waals surface area contributed by atoms with Crippen LogP contribution in [0.4, 0.5) is 4.39 Å². The van der Waals surface area contributed by atoms with Crippen LogP contribution in [-0.2, 0) is 10.0 Å². The maximum Gasteiger partial charge on any atom is 0.253 e. The van der Waals surface area contributed by atoms with Crippen LogP contribution in [0.3, 0.4) is 0 Å². The summed E-state index contributed by atoms with van der Waals surface area (Å²) in [7, 11) is -3.81. The number of nitrogens with one attached hydrogen (secondary N) is 1. The number of sulfonamides is 1. The Kier molecular flexibility index (Phi) is 6.69. The zero-order chi connectivity index (χ0) is 21.8. The maximum absolute atomic E-state index is 13.4. The lowest BCUT2D eigenvalue weighted by molar-refractivity contribution is 0.0967. The van der Waals surface area contributed by atoms with Gasteiger partial charge in [0, 0.05) is 24.1 Å². The Morgan fingerprint density at radius 1 is 1.13 bits per heavy atom. The number of benzene rings is 2. The fraction of sp³-hybridized carbons (Fsp3) is 0.435. The molecule has 166 valence electrons. The van der Waals surface area contributed by atoms with Crippen LogP contribution in [0.25, 0.3) is 0 Å². The van der Waals surface area contributed by atoms with Crippen molar-refractivity contribution in [1.29, 1.82) is 0 Å². The monoisotopic (exact) mass is 446 g/mol. The van der Waals surface area contributed by atoms with E-state index < -0.39 is 15.8 Å².